The van der Waals surface area contributed by atoms with Crippen molar-refractivity contribution in [3.05, 3.63) is 35.1 Å². The van der Waals surface area contributed by atoms with Gasteiger partial charge in [0, 0.05) is 25.5 Å². The van der Waals surface area contributed by atoms with Crippen molar-refractivity contribution >= 4 is 17.2 Å². The molecule has 1 aliphatic heterocycles. The first kappa shape index (κ1) is 16.7. The minimum atomic E-state index is -0.121. The van der Waals surface area contributed by atoms with E-state index in [2.05, 4.69) is 27.0 Å². The molecular weight excluding hydrogens is 324 g/mol. The molecule has 0 spiro atoms. The molecule has 1 aliphatic rings. The van der Waals surface area contributed by atoms with E-state index < -0.39 is 0 Å². The van der Waals surface area contributed by atoms with Gasteiger partial charge in [0.1, 0.15) is 4.88 Å². The van der Waals surface area contributed by atoms with Gasteiger partial charge in [-0.3, -0.25) is 9.69 Å². The van der Waals surface area contributed by atoms with E-state index in [0.29, 0.717) is 11.4 Å². The van der Waals surface area contributed by atoms with E-state index in [4.69, 9.17) is 4.74 Å². The molecule has 24 heavy (non-hydrogen) atoms. The molecule has 3 heterocycles. The molecule has 2 aromatic heterocycles. The van der Waals surface area contributed by atoms with Gasteiger partial charge >= 0.3 is 0 Å². The Balaban J connectivity index is 1.50. The maximum atomic E-state index is 12.3. The molecule has 2 aromatic rings. The molecule has 0 radical (unpaired) electrons. The van der Waals surface area contributed by atoms with E-state index in [9.17, 15) is 4.79 Å². The predicted molar refractivity (Wildman–Crippen MR) is 93.5 cm³/mol. The highest BCUT2D eigenvalue weighted by molar-refractivity contribution is 7.16. The van der Waals surface area contributed by atoms with Gasteiger partial charge in [-0.1, -0.05) is 23.2 Å². The van der Waals surface area contributed by atoms with Crippen LogP contribution >= 0.6 is 11.3 Å². The number of hydrogen-bond acceptors (Lipinski definition) is 5. The smallest absolute Gasteiger partial charge is 0.264 e. The van der Waals surface area contributed by atoms with E-state index in [-0.39, 0.29) is 5.91 Å². The molecule has 1 amide bonds. The Hall–Kier alpha value is -2.14. The standard InChI is InChI=1S/C17H20N4O2S/c1-14-15(24-17(19-14)21-8-4-5-9-21)16(22)18-6-2-3-7-20-10-12-23-13-11-20/h4-5,8-9H,6-7,10-13H2,1H3,(H,18,22). The van der Waals surface area contributed by atoms with Gasteiger partial charge in [-0.2, -0.15) is 0 Å². The molecule has 0 unspecified atom stereocenters. The quantitative estimate of drug-likeness (QED) is 0.850. The number of nitrogens with zero attached hydrogens (tertiary/aromatic N) is 3. The van der Waals surface area contributed by atoms with Gasteiger partial charge in [0.05, 0.1) is 32.0 Å². The van der Waals surface area contributed by atoms with Crippen molar-refractivity contribution in [3.8, 4) is 17.0 Å². The van der Waals surface area contributed by atoms with Gasteiger partial charge in [0.2, 0.25) is 0 Å². The number of carbonyl (C=O) groups is 1. The van der Waals surface area contributed by atoms with Crippen molar-refractivity contribution in [2.45, 2.75) is 6.92 Å². The average molecular weight is 344 g/mol. The molecule has 0 saturated carbocycles. The summed E-state index contributed by atoms with van der Waals surface area (Å²) in [6.07, 6.45) is 3.83. The zero-order chi connectivity index (χ0) is 16.8. The van der Waals surface area contributed by atoms with Crippen LogP contribution in [0, 0.1) is 18.8 Å². The van der Waals surface area contributed by atoms with Crippen LogP contribution in [0.2, 0.25) is 0 Å². The third-order valence-electron chi connectivity index (χ3n) is 3.69. The summed E-state index contributed by atoms with van der Waals surface area (Å²) in [7, 11) is 0. The summed E-state index contributed by atoms with van der Waals surface area (Å²) in [6.45, 7) is 6.30. The van der Waals surface area contributed by atoms with Crippen LogP contribution in [0.25, 0.3) is 5.13 Å². The number of aryl methyl sites for hydroxylation is 1. The lowest BCUT2D eigenvalue weighted by molar-refractivity contribution is 0.0443. The average Bonchev–Trinajstić information content (AvgIpc) is 3.24. The molecule has 1 fully saturated rings. The summed E-state index contributed by atoms with van der Waals surface area (Å²) in [5.41, 5.74) is 0.738. The molecule has 1 N–H and O–H groups in total. The molecule has 1 saturated heterocycles. The third kappa shape index (κ3) is 4.23. The van der Waals surface area contributed by atoms with Crippen molar-refractivity contribution in [2.24, 2.45) is 0 Å². The van der Waals surface area contributed by atoms with Gasteiger partial charge in [-0.05, 0) is 19.1 Å². The second-order valence-electron chi connectivity index (χ2n) is 5.43. The summed E-state index contributed by atoms with van der Waals surface area (Å²) >= 11 is 1.38. The normalized spacial score (nSPS) is 14.9. The second kappa shape index (κ2) is 8.11. The largest absolute Gasteiger partial charge is 0.379 e. The summed E-state index contributed by atoms with van der Waals surface area (Å²) in [5, 5.41) is 3.63. The zero-order valence-corrected chi connectivity index (χ0v) is 14.4. The third-order valence-corrected chi connectivity index (χ3v) is 4.86. The van der Waals surface area contributed by atoms with E-state index in [0.717, 1.165) is 43.7 Å². The Bertz CT molecular complexity index is 736. The molecule has 0 aliphatic carbocycles. The lowest BCUT2D eigenvalue weighted by atomic mass is 10.3. The Kier molecular flexibility index (Phi) is 5.64. The number of rotatable bonds is 4. The molecule has 3 rings (SSSR count). The lowest BCUT2D eigenvalue weighted by Crippen LogP contribution is -2.36. The van der Waals surface area contributed by atoms with Gasteiger partial charge in [0.15, 0.2) is 5.13 Å². The first-order valence-corrected chi connectivity index (χ1v) is 8.70. The van der Waals surface area contributed by atoms with Crippen LogP contribution < -0.4 is 5.32 Å². The van der Waals surface area contributed by atoms with Crippen LogP contribution in [0.1, 0.15) is 15.4 Å². The fraction of sp³-hybridized carbons (Fsp3) is 0.412. The van der Waals surface area contributed by atoms with Crippen molar-refractivity contribution in [1.29, 1.82) is 0 Å². The maximum Gasteiger partial charge on any atom is 0.264 e. The number of amides is 1. The summed E-state index contributed by atoms with van der Waals surface area (Å²) < 4.78 is 7.19. The highest BCUT2D eigenvalue weighted by Gasteiger charge is 2.15. The number of aromatic nitrogens is 2. The van der Waals surface area contributed by atoms with Crippen molar-refractivity contribution in [1.82, 2.24) is 19.8 Å². The van der Waals surface area contributed by atoms with Crippen LogP contribution in [-0.4, -0.2) is 59.8 Å². The lowest BCUT2D eigenvalue weighted by Gasteiger charge is -2.24. The Labute approximate surface area is 145 Å². The fourth-order valence-electron chi connectivity index (χ4n) is 2.36. The molecule has 126 valence electrons. The van der Waals surface area contributed by atoms with Gasteiger partial charge < -0.3 is 14.6 Å². The van der Waals surface area contributed by atoms with E-state index in [1.807, 2.05) is 36.0 Å². The number of nitrogens with one attached hydrogen (secondary N) is 1. The predicted octanol–water partition coefficient (Wildman–Crippen LogP) is 1.31. The minimum absolute atomic E-state index is 0.121. The Morgan fingerprint density at radius 1 is 1.33 bits per heavy atom. The van der Waals surface area contributed by atoms with Crippen LogP contribution in [0.4, 0.5) is 0 Å². The minimum Gasteiger partial charge on any atom is -0.379 e. The van der Waals surface area contributed by atoms with Crippen molar-refractivity contribution in [2.75, 3.05) is 39.4 Å². The van der Waals surface area contributed by atoms with Crippen LogP contribution in [0.5, 0.6) is 0 Å². The Morgan fingerprint density at radius 3 is 2.83 bits per heavy atom. The van der Waals surface area contributed by atoms with E-state index in [1.54, 1.807) is 0 Å². The Morgan fingerprint density at radius 2 is 2.08 bits per heavy atom. The highest BCUT2D eigenvalue weighted by atomic mass is 32.1. The fourth-order valence-corrected chi connectivity index (χ4v) is 3.31. The van der Waals surface area contributed by atoms with Crippen LogP contribution in [-0.2, 0) is 4.74 Å². The monoisotopic (exact) mass is 344 g/mol. The highest BCUT2D eigenvalue weighted by Crippen LogP contribution is 2.21. The molecule has 0 aromatic carbocycles. The number of thiazole rings is 1. The maximum absolute atomic E-state index is 12.3. The van der Waals surface area contributed by atoms with Gasteiger partial charge in [0.25, 0.3) is 5.91 Å². The number of ether oxygens (including phenoxy) is 1. The van der Waals surface area contributed by atoms with E-state index in [1.165, 1.54) is 11.3 Å². The topological polar surface area (TPSA) is 59.4 Å². The molecular formula is C17H20N4O2S. The molecule has 6 nitrogen and oxygen atoms in total. The molecule has 0 bridgehead atoms. The SMILES string of the molecule is Cc1nc(-n2cccc2)sc1C(=O)NCC#CCN1CCOCC1. The number of morpholine rings is 1. The zero-order valence-electron chi connectivity index (χ0n) is 13.6. The first-order chi connectivity index (χ1) is 11.7. The number of carbonyl (C=O) groups excluding carboxylic acids is 1. The summed E-state index contributed by atoms with van der Waals surface area (Å²) in [4.78, 5) is 19.6. The summed E-state index contributed by atoms with van der Waals surface area (Å²) in [6, 6.07) is 3.86. The first-order valence-electron chi connectivity index (χ1n) is 7.89. The number of hydrogen-bond donors (Lipinski definition) is 1. The van der Waals surface area contributed by atoms with Gasteiger partial charge in [-0.15, -0.1) is 0 Å². The summed E-state index contributed by atoms with van der Waals surface area (Å²) in [5.74, 6) is 5.97. The van der Waals surface area contributed by atoms with Crippen LogP contribution in [0.3, 0.4) is 0 Å². The molecule has 0 atom stereocenters. The van der Waals surface area contributed by atoms with E-state index >= 15 is 0 Å². The molecule has 7 heteroatoms. The van der Waals surface area contributed by atoms with Crippen molar-refractivity contribution < 1.29 is 9.53 Å². The van der Waals surface area contributed by atoms with Gasteiger partial charge in [-0.25, -0.2) is 4.98 Å². The second-order valence-corrected chi connectivity index (χ2v) is 6.40. The van der Waals surface area contributed by atoms with Crippen molar-refractivity contribution in [3.63, 3.8) is 0 Å². The van der Waals surface area contributed by atoms with Crippen LogP contribution in [0.15, 0.2) is 24.5 Å².